The fourth-order valence-electron chi connectivity index (χ4n) is 2.65. The summed E-state index contributed by atoms with van der Waals surface area (Å²) in [6.07, 6.45) is -0.204. The van der Waals surface area contributed by atoms with Gasteiger partial charge in [-0.15, -0.1) is 0 Å². The Hall–Kier alpha value is -1.50. The van der Waals surface area contributed by atoms with Gasteiger partial charge in [-0.2, -0.15) is 0 Å². The summed E-state index contributed by atoms with van der Waals surface area (Å²) in [7, 11) is 1.96. The second-order valence-electron chi connectivity index (χ2n) is 5.28. The zero-order chi connectivity index (χ0) is 15.1. The van der Waals surface area contributed by atoms with Gasteiger partial charge in [0.25, 0.3) is 11.7 Å². The zero-order valence-electron chi connectivity index (χ0n) is 11.4. The molecular weight excluding hydrogens is 299 g/mol. The number of likely N-dealkylation sites (N-methyl/N-ethyl adjacent to an activating group) is 1. The number of benzene rings is 1. The summed E-state index contributed by atoms with van der Waals surface area (Å²) in [5, 5.41) is -0.162. The molecule has 1 aromatic carbocycles. The van der Waals surface area contributed by atoms with Gasteiger partial charge >= 0.3 is 0 Å². The number of carbonyl (C=O) groups is 2. The summed E-state index contributed by atoms with van der Waals surface area (Å²) in [6, 6.07) is 2.34. The van der Waals surface area contributed by atoms with Gasteiger partial charge in [0.15, 0.2) is 0 Å². The molecule has 0 aromatic heterocycles. The molecule has 0 aliphatic carbocycles. The minimum absolute atomic E-state index is 0.149. The first kappa shape index (κ1) is 14.4. The number of rotatable bonds is 2. The first-order chi connectivity index (χ1) is 9.97. The second kappa shape index (κ2) is 5.36. The van der Waals surface area contributed by atoms with Crippen LogP contribution >= 0.6 is 11.6 Å². The first-order valence-electron chi connectivity index (χ1n) is 6.62. The number of amides is 1. The molecule has 2 aliphatic rings. The predicted octanol–water partition coefficient (Wildman–Crippen LogP) is 1.34. The standard InChI is InChI=1S/C14H14ClFN2O3/c1-17-2-3-21-8(6-17)7-18-12-5-11(16)10(15)4-9(12)13(19)14(18)20/h4-5,8H,2-3,6-7H2,1H3. The quantitative estimate of drug-likeness (QED) is 0.773. The largest absolute Gasteiger partial charge is 0.374 e. The molecule has 1 amide bonds. The highest BCUT2D eigenvalue weighted by molar-refractivity contribution is 6.52. The van der Waals surface area contributed by atoms with Crippen LogP contribution in [0.2, 0.25) is 5.02 Å². The van der Waals surface area contributed by atoms with Gasteiger partial charge in [-0.1, -0.05) is 11.6 Å². The van der Waals surface area contributed by atoms with Crippen LogP contribution in [0.15, 0.2) is 12.1 Å². The Labute approximate surface area is 126 Å². The highest BCUT2D eigenvalue weighted by atomic mass is 35.5. The van der Waals surface area contributed by atoms with E-state index in [2.05, 4.69) is 4.90 Å². The number of halogens is 2. The third kappa shape index (κ3) is 2.54. The van der Waals surface area contributed by atoms with E-state index in [1.165, 1.54) is 11.0 Å². The molecule has 3 rings (SSSR count). The molecule has 1 aromatic rings. The lowest BCUT2D eigenvalue weighted by Gasteiger charge is -2.32. The number of fused-ring (bicyclic) bond motifs is 1. The van der Waals surface area contributed by atoms with E-state index >= 15 is 0 Å². The van der Waals surface area contributed by atoms with Crippen molar-refractivity contribution in [2.75, 3.05) is 38.2 Å². The van der Waals surface area contributed by atoms with E-state index in [1.54, 1.807) is 0 Å². The monoisotopic (exact) mass is 312 g/mol. The molecule has 0 N–H and O–H groups in total. The van der Waals surface area contributed by atoms with Crippen LogP contribution in [-0.2, 0) is 9.53 Å². The number of morpholine rings is 1. The van der Waals surface area contributed by atoms with E-state index in [0.29, 0.717) is 13.2 Å². The number of nitrogens with zero attached hydrogens (tertiary/aromatic N) is 2. The summed E-state index contributed by atoms with van der Waals surface area (Å²) in [5.41, 5.74) is 0.416. The van der Waals surface area contributed by atoms with Gasteiger partial charge < -0.3 is 14.5 Å². The predicted molar refractivity (Wildman–Crippen MR) is 75.3 cm³/mol. The fraction of sp³-hybridized carbons (Fsp3) is 0.429. The zero-order valence-corrected chi connectivity index (χ0v) is 12.2. The molecule has 0 saturated carbocycles. The normalized spacial score (nSPS) is 22.8. The van der Waals surface area contributed by atoms with Crippen LogP contribution < -0.4 is 4.90 Å². The Morgan fingerprint density at radius 3 is 2.90 bits per heavy atom. The van der Waals surface area contributed by atoms with Gasteiger partial charge in [0.05, 0.1) is 35.5 Å². The fourth-order valence-corrected chi connectivity index (χ4v) is 2.81. The molecule has 5 nitrogen and oxygen atoms in total. The molecular formula is C14H14ClFN2O3. The minimum atomic E-state index is -0.663. The summed E-state index contributed by atoms with van der Waals surface area (Å²) in [5.74, 6) is -1.97. The molecule has 1 atom stereocenters. The Bertz CT molecular complexity index is 622. The minimum Gasteiger partial charge on any atom is -0.374 e. The number of carbonyl (C=O) groups excluding carboxylic acids is 2. The van der Waals surface area contributed by atoms with Crippen molar-refractivity contribution in [2.24, 2.45) is 0 Å². The van der Waals surface area contributed by atoms with Crippen LogP contribution in [0.4, 0.5) is 10.1 Å². The van der Waals surface area contributed by atoms with Crippen molar-refractivity contribution in [3.63, 3.8) is 0 Å². The Kier molecular flexibility index (Phi) is 3.69. The lowest BCUT2D eigenvalue weighted by atomic mass is 10.1. The maximum Gasteiger partial charge on any atom is 0.299 e. The Morgan fingerprint density at radius 2 is 2.19 bits per heavy atom. The smallest absolute Gasteiger partial charge is 0.299 e. The SMILES string of the molecule is CN1CCOC(CN2C(=O)C(=O)c3cc(Cl)c(F)cc32)C1. The van der Waals surface area contributed by atoms with Crippen LogP contribution in [-0.4, -0.2) is 56.0 Å². The molecule has 7 heteroatoms. The summed E-state index contributed by atoms with van der Waals surface area (Å²) in [6.45, 7) is 2.27. The van der Waals surface area contributed by atoms with E-state index in [0.717, 1.165) is 12.6 Å². The summed E-state index contributed by atoms with van der Waals surface area (Å²) >= 11 is 5.68. The Balaban J connectivity index is 1.88. The van der Waals surface area contributed by atoms with Crippen molar-refractivity contribution in [3.05, 3.63) is 28.5 Å². The maximum absolute atomic E-state index is 13.6. The van der Waals surface area contributed by atoms with E-state index in [9.17, 15) is 14.0 Å². The van der Waals surface area contributed by atoms with E-state index < -0.39 is 17.5 Å². The highest BCUT2D eigenvalue weighted by Crippen LogP contribution is 2.33. The number of hydrogen-bond donors (Lipinski definition) is 0. The number of hydrogen-bond acceptors (Lipinski definition) is 4. The number of ketones is 1. The van der Waals surface area contributed by atoms with E-state index in [4.69, 9.17) is 16.3 Å². The number of anilines is 1. The van der Waals surface area contributed by atoms with Crippen LogP contribution in [0.5, 0.6) is 0 Å². The van der Waals surface area contributed by atoms with Gasteiger partial charge in [0, 0.05) is 13.1 Å². The molecule has 1 saturated heterocycles. The van der Waals surface area contributed by atoms with Crippen molar-refractivity contribution in [1.82, 2.24) is 4.90 Å². The van der Waals surface area contributed by atoms with Crippen molar-refractivity contribution in [3.8, 4) is 0 Å². The molecule has 1 unspecified atom stereocenters. The molecule has 2 aliphatic heterocycles. The number of Topliss-reactive ketones (excluding diaryl/α,β-unsaturated/α-hetero) is 1. The third-order valence-electron chi connectivity index (χ3n) is 3.74. The Morgan fingerprint density at radius 1 is 1.43 bits per heavy atom. The van der Waals surface area contributed by atoms with Gasteiger partial charge in [0.2, 0.25) is 0 Å². The molecule has 0 spiro atoms. The first-order valence-corrected chi connectivity index (χ1v) is 7.00. The summed E-state index contributed by atoms with van der Waals surface area (Å²) < 4.78 is 19.2. The van der Waals surface area contributed by atoms with E-state index in [1.807, 2.05) is 7.05 Å². The third-order valence-corrected chi connectivity index (χ3v) is 4.03. The van der Waals surface area contributed by atoms with E-state index in [-0.39, 0.29) is 28.9 Å². The van der Waals surface area contributed by atoms with Crippen molar-refractivity contribution in [1.29, 1.82) is 0 Å². The highest BCUT2D eigenvalue weighted by Gasteiger charge is 2.38. The van der Waals surface area contributed by atoms with Crippen molar-refractivity contribution < 1.29 is 18.7 Å². The molecule has 2 heterocycles. The molecule has 0 bridgehead atoms. The van der Waals surface area contributed by atoms with Crippen LogP contribution in [0, 0.1) is 5.82 Å². The molecule has 1 fully saturated rings. The average Bonchev–Trinajstić information content (AvgIpc) is 2.65. The molecule has 21 heavy (non-hydrogen) atoms. The van der Waals surface area contributed by atoms with Gasteiger partial charge in [-0.3, -0.25) is 9.59 Å². The van der Waals surface area contributed by atoms with Gasteiger partial charge in [0.1, 0.15) is 5.82 Å². The maximum atomic E-state index is 13.6. The molecule has 112 valence electrons. The van der Waals surface area contributed by atoms with Crippen LogP contribution in [0.1, 0.15) is 10.4 Å². The molecule has 0 radical (unpaired) electrons. The van der Waals surface area contributed by atoms with Gasteiger partial charge in [-0.25, -0.2) is 4.39 Å². The average molecular weight is 313 g/mol. The summed E-state index contributed by atoms with van der Waals surface area (Å²) in [4.78, 5) is 27.4. The van der Waals surface area contributed by atoms with Gasteiger partial charge in [-0.05, 0) is 19.2 Å². The topological polar surface area (TPSA) is 49.9 Å². The number of ether oxygens (including phenoxy) is 1. The van der Waals surface area contributed by atoms with Crippen molar-refractivity contribution in [2.45, 2.75) is 6.10 Å². The van der Waals surface area contributed by atoms with Crippen LogP contribution in [0.25, 0.3) is 0 Å². The lowest BCUT2D eigenvalue weighted by molar-refractivity contribution is -0.115. The van der Waals surface area contributed by atoms with Crippen LogP contribution in [0.3, 0.4) is 0 Å². The second-order valence-corrected chi connectivity index (χ2v) is 5.69. The lowest BCUT2D eigenvalue weighted by Crippen LogP contribution is -2.47. The van der Waals surface area contributed by atoms with Crippen molar-refractivity contribution >= 4 is 29.0 Å².